The van der Waals surface area contributed by atoms with Crippen LogP contribution in [0.25, 0.3) is 0 Å². The second kappa shape index (κ2) is 4.01. The van der Waals surface area contributed by atoms with Gasteiger partial charge in [0.15, 0.2) is 0 Å². The van der Waals surface area contributed by atoms with Crippen LogP contribution in [-0.2, 0) is 4.74 Å². The number of para-hydroxylation sites is 1. The first-order valence-corrected chi connectivity index (χ1v) is 5.21. The highest BCUT2D eigenvalue weighted by Crippen LogP contribution is 2.19. The quantitative estimate of drug-likeness (QED) is 0.675. The number of nitrogens with zero attached hydrogens (tertiary/aromatic N) is 1. The Balaban J connectivity index is 2.11. The van der Waals surface area contributed by atoms with Crippen LogP contribution in [0, 0.1) is 0 Å². The lowest BCUT2D eigenvalue weighted by molar-refractivity contribution is -0.00521. The van der Waals surface area contributed by atoms with Crippen molar-refractivity contribution in [2.75, 3.05) is 18.0 Å². The molecule has 14 heavy (non-hydrogen) atoms. The molecule has 0 aromatic heterocycles. The third kappa shape index (κ3) is 2.07. The molecule has 2 atom stereocenters. The molecule has 1 aliphatic heterocycles. The molecule has 1 aromatic carbocycles. The fourth-order valence-corrected chi connectivity index (χ4v) is 2.03. The van der Waals surface area contributed by atoms with Crippen LogP contribution in [0.5, 0.6) is 0 Å². The van der Waals surface area contributed by atoms with E-state index in [1.54, 1.807) is 0 Å². The topological polar surface area (TPSA) is 12.5 Å². The van der Waals surface area contributed by atoms with E-state index in [9.17, 15) is 0 Å². The van der Waals surface area contributed by atoms with Gasteiger partial charge in [-0.05, 0) is 26.0 Å². The molecule has 0 amide bonds. The number of anilines is 1. The van der Waals surface area contributed by atoms with E-state index in [2.05, 4.69) is 49.1 Å². The monoisotopic (exact) mass is 191 g/mol. The molecule has 1 fully saturated rings. The summed E-state index contributed by atoms with van der Waals surface area (Å²) in [5.74, 6) is 0. The summed E-state index contributed by atoms with van der Waals surface area (Å²) in [6.07, 6.45) is 0.665. The second-order valence-corrected chi connectivity index (χ2v) is 4.00. The lowest BCUT2D eigenvalue weighted by atomic mass is 10.2. The first-order chi connectivity index (χ1) is 6.75. The molecule has 1 saturated heterocycles. The number of hydrogen-bond donors (Lipinski definition) is 0. The zero-order valence-corrected chi connectivity index (χ0v) is 8.81. The number of rotatable bonds is 1. The molecule has 0 bridgehead atoms. The molecule has 0 unspecified atom stereocenters. The Labute approximate surface area is 85.5 Å². The fourth-order valence-electron chi connectivity index (χ4n) is 2.03. The van der Waals surface area contributed by atoms with Crippen molar-refractivity contribution >= 4 is 5.69 Å². The van der Waals surface area contributed by atoms with Gasteiger partial charge in [0.1, 0.15) is 0 Å². The van der Waals surface area contributed by atoms with Gasteiger partial charge in [0, 0.05) is 18.8 Å². The second-order valence-electron chi connectivity index (χ2n) is 4.00. The van der Waals surface area contributed by atoms with Crippen molar-refractivity contribution in [2.24, 2.45) is 0 Å². The van der Waals surface area contributed by atoms with Crippen LogP contribution < -0.4 is 4.90 Å². The molecule has 0 radical (unpaired) electrons. The van der Waals surface area contributed by atoms with Gasteiger partial charge in [0.2, 0.25) is 0 Å². The minimum Gasteiger partial charge on any atom is -0.372 e. The summed E-state index contributed by atoms with van der Waals surface area (Å²) in [5, 5.41) is 0. The van der Waals surface area contributed by atoms with Gasteiger partial charge in [0.25, 0.3) is 0 Å². The van der Waals surface area contributed by atoms with Gasteiger partial charge in [0.05, 0.1) is 12.2 Å². The van der Waals surface area contributed by atoms with E-state index in [4.69, 9.17) is 4.74 Å². The van der Waals surface area contributed by atoms with Crippen LogP contribution in [0.15, 0.2) is 30.3 Å². The highest BCUT2D eigenvalue weighted by atomic mass is 16.5. The molecular formula is C12H17NO. The van der Waals surface area contributed by atoms with Crippen molar-refractivity contribution in [2.45, 2.75) is 26.1 Å². The van der Waals surface area contributed by atoms with Crippen LogP contribution in [0.1, 0.15) is 13.8 Å². The van der Waals surface area contributed by atoms with Crippen molar-refractivity contribution in [3.8, 4) is 0 Å². The van der Waals surface area contributed by atoms with Crippen molar-refractivity contribution in [1.29, 1.82) is 0 Å². The first-order valence-electron chi connectivity index (χ1n) is 5.21. The van der Waals surface area contributed by atoms with E-state index < -0.39 is 0 Å². The Kier molecular flexibility index (Phi) is 2.73. The van der Waals surface area contributed by atoms with Gasteiger partial charge in [-0.3, -0.25) is 0 Å². The Morgan fingerprint density at radius 3 is 2.21 bits per heavy atom. The van der Waals surface area contributed by atoms with E-state index >= 15 is 0 Å². The van der Waals surface area contributed by atoms with Gasteiger partial charge in [-0.1, -0.05) is 18.2 Å². The van der Waals surface area contributed by atoms with Crippen molar-refractivity contribution in [1.82, 2.24) is 0 Å². The number of hydrogen-bond acceptors (Lipinski definition) is 2. The van der Waals surface area contributed by atoms with Crippen LogP contribution in [0.3, 0.4) is 0 Å². The maximum absolute atomic E-state index is 5.70. The van der Waals surface area contributed by atoms with Crippen LogP contribution in [0.2, 0.25) is 0 Å². The zero-order valence-electron chi connectivity index (χ0n) is 8.81. The summed E-state index contributed by atoms with van der Waals surface area (Å²) < 4.78 is 5.70. The van der Waals surface area contributed by atoms with Crippen LogP contribution in [0.4, 0.5) is 5.69 Å². The molecular weight excluding hydrogens is 174 g/mol. The number of morpholine rings is 1. The molecule has 0 aliphatic carbocycles. The normalized spacial score (nSPS) is 27.7. The zero-order chi connectivity index (χ0) is 9.97. The van der Waals surface area contributed by atoms with Gasteiger partial charge in [-0.2, -0.15) is 0 Å². The molecule has 0 saturated carbocycles. The average molecular weight is 191 g/mol. The highest BCUT2D eigenvalue weighted by Gasteiger charge is 2.21. The number of benzene rings is 1. The Morgan fingerprint density at radius 1 is 1.07 bits per heavy atom. The third-order valence-corrected chi connectivity index (χ3v) is 2.54. The van der Waals surface area contributed by atoms with Gasteiger partial charge < -0.3 is 9.64 Å². The summed E-state index contributed by atoms with van der Waals surface area (Å²) in [7, 11) is 0. The molecule has 2 heteroatoms. The highest BCUT2D eigenvalue weighted by molar-refractivity contribution is 5.46. The molecule has 1 aromatic rings. The molecule has 2 rings (SSSR count). The van der Waals surface area contributed by atoms with E-state index in [0.717, 1.165) is 13.1 Å². The lowest BCUT2D eigenvalue weighted by Gasteiger charge is -2.36. The summed E-state index contributed by atoms with van der Waals surface area (Å²) in [6, 6.07) is 10.5. The largest absolute Gasteiger partial charge is 0.372 e. The SMILES string of the molecule is C[C@@H]1CN(c2ccccc2)C[C@@H](C)O1. The predicted octanol–water partition coefficient (Wildman–Crippen LogP) is 2.30. The molecule has 1 heterocycles. The Morgan fingerprint density at radius 2 is 1.64 bits per heavy atom. The average Bonchev–Trinajstić information content (AvgIpc) is 2.18. The molecule has 1 aliphatic rings. The van der Waals surface area contributed by atoms with E-state index in [1.807, 2.05) is 0 Å². The Bertz CT molecular complexity index is 276. The molecule has 2 nitrogen and oxygen atoms in total. The first kappa shape index (κ1) is 9.53. The predicted molar refractivity (Wildman–Crippen MR) is 58.7 cm³/mol. The Hall–Kier alpha value is -1.02. The van der Waals surface area contributed by atoms with Gasteiger partial charge in [-0.15, -0.1) is 0 Å². The molecule has 76 valence electrons. The van der Waals surface area contributed by atoms with Crippen LogP contribution in [-0.4, -0.2) is 25.3 Å². The summed E-state index contributed by atoms with van der Waals surface area (Å²) >= 11 is 0. The number of ether oxygens (including phenoxy) is 1. The van der Waals surface area contributed by atoms with E-state index in [-0.39, 0.29) is 0 Å². The minimum atomic E-state index is 0.332. The fraction of sp³-hybridized carbons (Fsp3) is 0.500. The molecule has 0 spiro atoms. The summed E-state index contributed by atoms with van der Waals surface area (Å²) in [6.45, 7) is 6.25. The smallest absolute Gasteiger partial charge is 0.0726 e. The van der Waals surface area contributed by atoms with E-state index in [0.29, 0.717) is 12.2 Å². The standard InChI is InChI=1S/C12H17NO/c1-10-8-13(9-11(2)14-10)12-6-4-3-5-7-12/h3-7,10-11H,8-9H2,1-2H3/t10-,11-/m1/s1. The molecule has 0 N–H and O–H groups in total. The minimum absolute atomic E-state index is 0.332. The van der Waals surface area contributed by atoms with Crippen LogP contribution >= 0.6 is 0 Å². The van der Waals surface area contributed by atoms with Crippen molar-refractivity contribution in [3.05, 3.63) is 30.3 Å². The summed E-state index contributed by atoms with van der Waals surface area (Å²) in [4.78, 5) is 2.39. The van der Waals surface area contributed by atoms with Crippen molar-refractivity contribution < 1.29 is 4.74 Å². The van der Waals surface area contributed by atoms with Gasteiger partial charge in [-0.25, -0.2) is 0 Å². The maximum Gasteiger partial charge on any atom is 0.0726 e. The lowest BCUT2D eigenvalue weighted by Crippen LogP contribution is -2.45. The van der Waals surface area contributed by atoms with Gasteiger partial charge >= 0.3 is 0 Å². The van der Waals surface area contributed by atoms with Crippen molar-refractivity contribution in [3.63, 3.8) is 0 Å². The van der Waals surface area contributed by atoms with E-state index in [1.165, 1.54) is 5.69 Å². The maximum atomic E-state index is 5.70. The summed E-state index contributed by atoms with van der Waals surface area (Å²) in [5.41, 5.74) is 1.30. The third-order valence-electron chi connectivity index (χ3n) is 2.54.